The van der Waals surface area contributed by atoms with Crippen LogP contribution in [0.3, 0.4) is 0 Å². The van der Waals surface area contributed by atoms with Crippen LogP contribution in [-0.4, -0.2) is 66.3 Å². The van der Waals surface area contributed by atoms with Crippen LogP contribution in [0.4, 0.5) is 0 Å². The number of hydrogen-bond donors (Lipinski definition) is 1. The number of rotatable bonds is 7. The number of benzene rings is 2. The Bertz CT molecular complexity index is 1010. The van der Waals surface area contributed by atoms with Gasteiger partial charge in [-0.25, -0.2) is 9.59 Å². The van der Waals surface area contributed by atoms with E-state index in [1.807, 2.05) is 0 Å². The SMILES string of the molecule is CC(=O)OC[C@H]1O[C@H](O)[C@@H](OC(=O)c2ccccc2)[C@@H](OC(C)=O)[C@@H]1OC(=O)c1ccccc1. The average molecular weight is 472 g/mol. The van der Waals surface area contributed by atoms with Crippen molar-refractivity contribution >= 4 is 23.9 Å². The Morgan fingerprint density at radius 1 is 0.735 bits per heavy atom. The molecule has 0 radical (unpaired) electrons. The molecule has 0 bridgehead atoms. The fourth-order valence-corrected chi connectivity index (χ4v) is 3.35. The molecule has 34 heavy (non-hydrogen) atoms. The molecule has 0 spiro atoms. The van der Waals surface area contributed by atoms with Crippen molar-refractivity contribution in [2.24, 2.45) is 0 Å². The van der Waals surface area contributed by atoms with Crippen LogP contribution < -0.4 is 0 Å². The standard InChI is InChI=1S/C24H24O10/c1-14(25)30-13-18-19(33-22(27)16-9-5-3-6-10-16)20(31-15(2)26)21(24(29)32-18)34-23(28)17-11-7-4-8-12-17/h3-12,18-21,24,29H,13H2,1-2H3/t18-,19-,20+,21+,24+/m1/s1. The fraction of sp³-hybridized carbons (Fsp3) is 0.333. The molecule has 1 saturated heterocycles. The van der Waals surface area contributed by atoms with Crippen molar-refractivity contribution < 1.29 is 48.0 Å². The molecule has 1 fully saturated rings. The van der Waals surface area contributed by atoms with Crippen molar-refractivity contribution in [3.63, 3.8) is 0 Å². The summed E-state index contributed by atoms with van der Waals surface area (Å²) in [6, 6.07) is 15.9. The second-order valence-electron chi connectivity index (χ2n) is 7.41. The summed E-state index contributed by atoms with van der Waals surface area (Å²) in [5, 5.41) is 10.6. The van der Waals surface area contributed by atoms with E-state index in [9.17, 15) is 24.3 Å². The van der Waals surface area contributed by atoms with Crippen molar-refractivity contribution in [1.82, 2.24) is 0 Å². The molecule has 1 heterocycles. The van der Waals surface area contributed by atoms with E-state index >= 15 is 0 Å². The van der Waals surface area contributed by atoms with E-state index in [1.54, 1.807) is 36.4 Å². The highest BCUT2D eigenvalue weighted by Crippen LogP contribution is 2.29. The van der Waals surface area contributed by atoms with Gasteiger partial charge in [-0.05, 0) is 24.3 Å². The van der Waals surface area contributed by atoms with Crippen molar-refractivity contribution in [1.29, 1.82) is 0 Å². The van der Waals surface area contributed by atoms with E-state index in [-0.39, 0.29) is 11.1 Å². The molecule has 2 aromatic rings. The van der Waals surface area contributed by atoms with Crippen LogP contribution in [0.25, 0.3) is 0 Å². The molecule has 0 aromatic heterocycles. The van der Waals surface area contributed by atoms with Gasteiger partial charge in [-0.3, -0.25) is 9.59 Å². The highest BCUT2D eigenvalue weighted by Gasteiger charge is 2.52. The predicted molar refractivity (Wildman–Crippen MR) is 114 cm³/mol. The quantitative estimate of drug-likeness (QED) is 0.468. The Balaban J connectivity index is 1.91. The summed E-state index contributed by atoms with van der Waals surface area (Å²) >= 11 is 0. The van der Waals surface area contributed by atoms with Gasteiger partial charge < -0.3 is 28.8 Å². The highest BCUT2D eigenvalue weighted by atomic mass is 16.7. The van der Waals surface area contributed by atoms with E-state index in [2.05, 4.69) is 0 Å². The lowest BCUT2D eigenvalue weighted by Crippen LogP contribution is -2.62. The molecule has 0 amide bonds. The molecular formula is C24H24O10. The van der Waals surface area contributed by atoms with Gasteiger partial charge in [-0.15, -0.1) is 0 Å². The van der Waals surface area contributed by atoms with E-state index in [0.717, 1.165) is 13.8 Å². The van der Waals surface area contributed by atoms with Gasteiger partial charge in [0.2, 0.25) is 0 Å². The van der Waals surface area contributed by atoms with E-state index in [4.69, 9.17) is 23.7 Å². The van der Waals surface area contributed by atoms with Crippen molar-refractivity contribution in [3.8, 4) is 0 Å². The largest absolute Gasteiger partial charge is 0.463 e. The number of carbonyl (C=O) groups is 4. The molecule has 180 valence electrons. The molecule has 0 aliphatic carbocycles. The minimum absolute atomic E-state index is 0.177. The fourth-order valence-electron chi connectivity index (χ4n) is 3.35. The summed E-state index contributed by atoms with van der Waals surface area (Å²) < 4.78 is 26.7. The van der Waals surface area contributed by atoms with Crippen LogP contribution in [0.15, 0.2) is 60.7 Å². The first-order chi connectivity index (χ1) is 16.3. The molecule has 1 aliphatic rings. The first-order valence-corrected chi connectivity index (χ1v) is 10.4. The minimum atomic E-state index is -1.77. The first kappa shape index (κ1) is 24.9. The maximum Gasteiger partial charge on any atom is 0.338 e. The number of esters is 4. The molecule has 3 rings (SSSR count). The van der Waals surface area contributed by atoms with Gasteiger partial charge in [0.15, 0.2) is 24.6 Å². The lowest BCUT2D eigenvalue weighted by atomic mass is 9.98. The van der Waals surface area contributed by atoms with Crippen LogP contribution in [0, 0.1) is 0 Å². The Kier molecular flexibility index (Phi) is 8.34. The zero-order valence-electron chi connectivity index (χ0n) is 18.5. The van der Waals surface area contributed by atoms with Crippen LogP contribution in [0.1, 0.15) is 34.6 Å². The number of aliphatic hydroxyl groups is 1. The summed E-state index contributed by atoms with van der Waals surface area (Å²) in [6.45, 7) is 1.85. The molecule has 2 aromatic carbocycles. The third-order valence-electron chi connectivity index (χ3n) is 4.87. The maximum absolute atomic E-state index is 12.8. The normalized spacial score (nSPS) is 23.9. The van der Waals surface area contributed by atoms with Crippen molar-refractivity contribution in [3.05, 3.63) is 71.8 Å². The van der Waals surface area contributed by atoms with Crippen LogP contribution in [0.5, 0.6) is 0 Å². The lowest BCUT2D eigenvalue weighted by Gasteiger charge is -2.42. The number of ether oxygens (including phenoxy) is 5. The van der Waals surface area contributed by atoms with E-state index in [0.29, 0.717) is 0 Å². The number of carbonyl (C=O) groups excluding carboxylic acids is 4. The van der Waals surface area contributed by atoms with Crippen molar-refractivity contribution in [2.75, 3.05) is 6.61 Å². The molecule has 1 N–H and O–H groups in total. The zero-order valence-corrected chi connectivity index (χ0v) is 18.5. The van der Waals surface area contributed by atoms with E-state index in [1.165, 1.54) is 24.3 Å². The Labute approximate surface area is 195 Å². The second-order valence-corrected chi connectivity index (χ2v) is 7.41. The molecule has 1 aliphatic heterocycles. The van der Waals surface area contributed by atoms with Gasteiger partial charge >= 0.3 is 23.9 Å². The van der Waals surface area contributed by atoms with Gasteiger partial charge in [0.05, 0.1) is 11.1 Å². The molecule has 0 saturated carbocycles. The van der Waals surface area contributed by atoms with Crippen LogP contribution >= 0.6 is 0 Å². The third-order valence-corrected chi connectivity index (χ3v) is 4.87. The second kappa shape index (κ2) is 11.4. The highest BCUT2D eigenvalue weighted by molar-refractivity contribution is 5.90. The zero-order chi connectivity index (χ0) is 24.7. The summed E-state index contributed by atoms with van der Waals surface area (Å²) in [7, 11) is 0. The minimum Gasteiger partial charge on any atom is -0.463 e. The topological polar surface area (TPSA) is 135 Å². The van der Waals surface area contributed by atoms with E-state index < -0.39 is 61.2 Å². The maximum atomic E-state index is 12.8. The summed E-state index contributed by atoms with van der Waals surface area (Å²) in [4.78, 5) is 48.6. The van der Waals surface area contributed by atoms with Gasteiger partial charge in [0, 0.05) is 13.8 Å². The van der Waals surface area contributed by atoms with Crippen molar-refractivity contribution in [2.45, 2.75) is 44.6 Å². The van der Waals surface area contributed by atoms with Gasteiger partial charge in [0.25, 0.3) is 0 Å². The molecule has 5 atom stereocenters. The Morgan fingerprint density at radius 3 is 1.71 bits per heavy atom. The summed E-state index contributed by atoms with van der Waals surface area (Å²) in [5.41, 5.74) is 0.371. The molecule has 10 nitrogen and oxygen atoms in total. The predicted octanol–water partition coefficient (Wildman–Crippen LogP) is 1.65. The third kappa shape index (κ3) is 6.40. The molecule has 10 heteroatoms. The van der Waals surface area contributed by atoms with Crippen LogP contribution in [0.2, 0.25) is 0 Å². The molecule has 0 unspecified atom stereocenters. The first-order valence-electron chi connectivity index (χ1n) is 10.4. The Hall–Kier alpha value is -3.76. The van der Waals surface area contributed by atoms with Crippen LogP contribution in [-0.2, 0) is 33.3 Å². The Morgan fingerprint density at radius 2 is 1.24 bits per heavy atom. The van der Waals surface area contributed by atoms with Gasteiger partial charge in [0.1, 0.15) is 12.7 Å². The average Bonchev–Trinajstić information content (AvgIpc) is 2.82. The number of aliphatic hydroxyl groups excluding tert-OH is 1. The molecular weight excluding hydrogens is 448 g/mol. The smallest absolute Gasteiger partial charge is 0.338 e. The van der Waals surface area contributed by atoms with Gasteiger partial charge in [-0.2, -0.15) is 0 Å². The number of hydrogen-bond acceptors (Lipinski definition) is 10. The summed E-state index contributed by atoms with van der Waals surface area (Å²) in [5.74, 6) is -3.04. The summed E-state index contributed by atoms with van der Waals surface area (Å²) in [6.07, 6.45) is -7.37. The van der Waals surface area contributed by atoms with Gasteiger partial charge in [-0.1, -0.05) is 36.4 Å². The monoisotopic (exact) mass is 472 g/mol. The lowest BCUT2D eigenvalue weighted by molar-refractivity contribution is -0.288.